The Hall–Kier alpha value is -1.79. The van der Waals surface area contributed by atoms with Crippen molar-refractivity contribution in [2.75, 3.05) is 0 Å². The predicted molar refractivity (Wildman–Crippen MR) is 79.9 cm³/mol. The van der Waals surface area contributed by atoms with Crippen LogP contribution in [0.5, 0.6) is 0 Å². The highest BCUT2D eigenvalue weighted by molar-refractivity contribution is 7.80. The number of thiazole rings is 1. The van der Waals surface area contributed by atoms with Gasteiger partial charge in [0.1, 0.15) is 5.92 Å². The molecule has 1 unspecified atom stereocenters. The Kier molecular flexibility index (Phi) is 4.59. The van der Waals surface area contributed by atoms with Crippen molar-refractivity contribution in [1.29, 1.82) is 0 Å². The highest BCUT2D eigenvalue weighted by Gasteiger charge is 2.23. The van der Waals surface area contributed by atoms with Crippen LogP contribution in [0.4, 0.5) is 0 Å². The molecule has 0 saturated heterocycles. The van der Waals surface area contributed by atoms with Crippen LogP contribution in [0.1, 0.15) is 17.2 Å². The molecule has 0 saturated carbocycles. The summed E-state index contributed by atoms with van der Waals surface area (Å²) in [4.78, 5) is 16.5. The molecular weight excluding hydrogens is 278 g/mol. The van der Waals surface area contributed by atoms with E-state index < -0.39 is 5.92 Å². The number of hydrogen-bond acceptors (Lipinski definition) is 4. The first-order chi connectivity index (χ1) is 9.18. The molecule has 0 aliphatic carbocycles. The van der Waals surface area contributed by atoms with Crippen LogP contribution < -0.4 is 11.1 Å². The van der Waals surface area contributed by atoms with Gasteiger partial charge in [-0.2, -0.15) is 0 Å². The summed E-state index contributed by atoms with van der Waals surface area (Å²) in [7, 11) is 0. The lowest BCUT2D eigenvalue weighted by atomic mass is 9.98. The molecule has 3 N–H and O–H groups in total. The van der Waals surface area contributed by atoms with E-state index in [-0.39, 0.29) is 10.9 Å². The summed E-state index contributed by atoms with van der Waals surface area (Å²) in [6, 6.07) is 9.27. The maximum Gasteiger partial charge on any atom is 0.234 e. The van der Waals surface area contributed by atoms with Gasteiger partial charge in [0.15, 0.2) is 0 Å². The molecule has 1 aromatic carbocycles. The lowest BCUT2D eigenvalue weighted by molar-refractivity contribution is -0.121. The standard InChI is InChI=1S/C13H13N3OS2/c14-12(18)11(9-4-2-1-3-5-9)13(17)15-6-10-7-19-8-16-10/h1-5,7-8,11H,6H2,(H2,14,18)(H,15,17). The van der Waals surface area contributed by atoms with Crippen molar-refractivity contribution in [3.05, 3.63) is 52.5 Å². The highest BCUT2D eigenvalue weighted by Crippen LogP contribution is 2.16. The van der Waals surface area contributed by atoms with Crippen LogP contribution in [0.2, 0.25) is 0 Å². The number of nitrogens with two attached hydrogens (primary N) is 1. The van der Waals surface area contributed by atoms with Gasteiger partial charge >= 0.3 is 0 Å². The van der Waals surface area contributed by atoms with E-state index in [0.717, 1.165) is 11.3 Å². The third-order valence-electron chi connectivity index (χ3n) is 2.61. The van der Waals surface area contributed by atoms with Gasteiger partial charge < -0.3 is 11.1 Å². The van der Waals surface area contributed by atoms with E-state index in [4.69, 9.17) is 18.0 Å². The summed E-state index contributed by atoms with van der Waals surface area (Å²) >= 11 is 6.48. The van der Waals surface area contributed by atoms with Gasteiger partial charge in [-0.05, 0) is 5.56 Å². The molecule has 2 rings (SSSR count). The molecule has 0 aliphatic rings. The SMILES string of the molecule is NC(=S)C(C(=O)NCc1cscn1)c1ccccc1. The zero-order chi connectivity index (χ0) is 13.7. The largest absolute Gasteiger partial charge is 0.392 e. The second-order valence-electron chi connectivity index (χ2n) is 3.94. The zero-order valence-corrected chi connectivity index (χ0v) is 11.7. The van der Waals surface area contributed by atoms with Crippen LogP contribution in [0.25, 0.3) is 0 Å². The highest BCUT2D eigenvalue weighted by atomic mass is 32.1. The number of aromatic nitrogens is 1. The minimum Gasteiger partial charge on any atom is -0.392 e. The topological polar surface area (TPSA) is 68.0 Å². The Labute approximate surface area is 120 Å². The van der Waals surface area contributed by atoms with Crippen LogP contribution in [-0.4, -0.2) is 15.9 Å². The van der Waals surface area contributed by atoms with Crippen molar-refractivity contribution in [2.24, 2.45) is 5.73 Å². The Bertz CT molecular complexity index is 555. The van der Waals surface area contributed by atoms with Crippen molar-refractivity contribution >= 4 is 34.5 Å². The fraction of sp³-hybridized carbons (Fsp3) is 0.154. The smallest absolute Gasteiger partial charge is 0.234 e. The molecule has 6 heteroatoms. The van der Waals surface area contributed by atoms with Crippen LogP contribution in [0, 0.1) is 0 Å². The van der Waals surface area contributed by atoms with Gasteiger partial charge in [0.25, 0.3) is 0 Å². The number of carbonyl (C=O) groups is 1. The summed E-state index contributed by atoms with van der Waals surface area (Å²) in [5, 5.41) is 4.69. The lowest BCUT2D eigenvalue weighted by Gasteiger charge is -2.15. The van der Waals surface area contributed by atoms with E-state index in [0.29, 0.717) is 6.54 Å². The minimum absolute atomic E-state index is 0.168. The maximum atomic E-state index is 12.2. The quantitative estimate of drug-likeness (QED) is 0.825. The number of hydrogen-bond donors (Lipinski definition) is 2. The Morgan fingerprint density at radius 2 is 2.16 bits per heavy atom. The van der Waals surface area contributed by atoms with Gasteiger partial charge in [-0.1, -0.05) is 42.5 Å². The van der Waals surface area contributed by atoms with Crippen LogP contribution in [0.3, 0.4) is 0 Å². The molecule has 0 fully saturated rings. The summed E-state index contributed by atoms with van der Waals surface area (Å²) in [6.07, 6.45) is 0. The molecule has 98 valence electrons. The van der Waals surface area contributed by atoms with Crippen LogP contribution in [0.15, 0.2) is 41.2 Å². The minimum atomic E-state index is -0.602. The summed E-state index contributed by atoms with van der Waals surface area (Å²) < 4.78 is 0. The Morgan fingerprint density at radius 3 is 2.74 bits per heavy atom. The molecule has 0 aliphatic heterocycles. The molecular formula is C13H13N3OS2. The number of benzene rings is 1. The summed E-state index contributed by atoms with van der Waals surface area (Å²) in [6.45, 7) is 0.383. The first kappa shape index (κ1) is 13.6. The van der Waals surface area contributed by atoms with Crippen LogP contribution >= 0.6 is 23.6 Å². The van der Waals surface area contributed by atoms with Crippen molar-refractivity contribution < 1.29 is 4.79 Å². The van der Waals surface area contributed by atoms with Gasteiger partial charge in [0.05, 0.1) is 22.7 Å². The number of rotatable bonds is 5. The van der Waals surface area contributed by atoms with Crippen molar-refractivity contribution in [1.82, 2.24) is 10.3 Å². The zero-order valence-electron chi connectivity index (χ0n) is 10.1. The van der Waals surface area contributed by atoms with E-state index in [2.05, 4.69) is 10.3 Å². The normalized spacial score (nSPS) is 11.8. The number of carbonyl (C=O) groups excluding carboxylic acids is 1. The molecule has 2 aromatic rings. The van der Waals surface area contributed by atoms with Crippen molar-refractivity contribution in [2.45, 2.75) is 12.5 Å². The molecule has 4 nitrogen and oxygen atoms in total. The van der Waals surface area contributed by atoms with Crippen molar-refractivity contribution in [3.63, 3.8) is 0 Å². The lowest BCUT2D eigenvalue weighted by Crippen LogP contribution is -2.35. The number of nitrogens with one attached hydrogen (secondary N) is 1. The number of amides is 1. The molecule has 0 bridgehead atoms. The van der Waals surface area contributed by atoms with E-state index >= 15 is 0 Å². The summed E-state index contributed by atoms with van der Waals surface area (Å²) in [5.41, 5.74) is 9.03. The fourth-order valence-corrected chi connectivity index (χ4v) is 2.50. The van der Waals surface area contributed by atoms with E-state index in [1.807, 2.05) is 35.7 Å². The molecule has 1 heterocycles. The fourth-order valence-electron chi connectivity index (χ4n) is 1.69. The number of nitrogens with zero attached hydrogens (tertiary/aromatic N) is 1. The van der Waals surface area contributed by atoms with Crippen molar-refractivity contribution in [3.8, 4) is 0 Å². The second kappa shape index (κ2) is 6.40. The Morgan fingerprint density at radius 1 is 1.42 bits per heavy atom. The van der Waals surface area contributed by atoms with Gasteiger partial charge in [-0.25, -0.2) is 4.98 Å². The first-order valence-corrected chi connectivity index (χ1v) is 7.02. The average molecular weight is 291 g/mol. The van der Waals surface area contributed by atoms with Gasteiger partial charge in [-0.3, -0.25) is 4.79 Å². The monoisotopic (exact) mass is 291 g/mol. The van der Waals surface area contributed by atoms with Crippen LogP contribution in [-0.2, 0) is 11.3 Å². The molecule has 1 amide bonds. The van der Waals surface area contributed by atoms with E-state index in [1.165, 1.54) is 11.3 Å². The number of thiocarbonyl (C=S) groups is 1. The third kappa shape index (κ3) is 3.59. The molecule has 1 aromatic heterocycles. The van der Waals surface area contributed by atoms with Gasteiger partial charge in [0, 0.05) is 5.38 Å². The van der Waals surface area contributed by atoms with Gasteiger partial charge in [0.2, 0.25) is 5.91 Å². The van der Waals surface area contributed by atoms with Gasteiger partial charge in [-0.15, -0.1) is 11.3 Å². The average Bonchev–Trinajstić information content (AvgIpc) is 2.90. The van der Waals surface area contributed by atoms with E-state index in [9.17, 15) is 4.79 Å². The molecule has 0 spiro atoms. The molecule has 19 heavy (non-hydrogen) atoms. The molecule has 1 atom stereocenters. The first-order valence-electron chi connectivity index (χ1n) is 5.67. The second-order valence-corrected chi connectivity index (χ2v) is 5.13. The molecule has 0 radical (unpaired) electrons. The predicted octanol–water partition coefficient (Wildman–Crippen LogP) is 1.83. The Balaban J connectivity index is 2.07. The summed E-state index contributed by atoms with van der Waals surface area (Å²) in [5.74, 6) is -0.804. The third-order valence-corrected chi connectivity index (χ3v) is 3.48. The van der Waals surface area contributed by atoms with E-state index in [1.54, 1.807) is 5.51 Å². The maximum absolute atomic E-state index is 12.2.